The molecule has 0 atom stereocenters. The fraction of sp³-hybridized carbons (Fsp3) is 0.429. The van der Waals surface area contributed by atoms with Crippen LogP contribution in [0, 0.1) is 0 Å². The first kappa shape index (κ1) is 10.4. The van der Waals surface area contributed by atoms with Crippen LogP contribution in [-0.4, -0.2) is 20.8 Å². The molecule has 0 saturated carbocycles. The number of hydrogen-bond donors (Lipinski definition) is 0. The minimum Gasteiger partial charge on any atom is -0.266 e. The Hall–Kier alpha value is -0.610. The zero-order chi connectivity index (χ0) is 8.91. The van der Waals surface area contributed by atoms with Crippen molar-refractivity contribution in [2.75, 3.05) is 12.4 Å². The lowest BCUT2D eigenvalue weighted by Gasteiger charge is -2.01. The molecule has 0 saturated heterocycles. The van der Waals surface area contributed by atoms with Crippen LogP contribution in [0.4, 0.5) is 0 Å². The summed E-state index contributed by atoms with van der Waals surface area (Å²) in [7, 11) is -3.41. The molecule has 0 aromatic heterocycles. The molecule has 0 bridgehead atoms. The highest BCUT2D eigenvalue weighted by Crippen LogP contribution is 1.99. The summed E-state index contributed by atoms with van der Waals surface area (Å²) in [6.45, 7) is 8.45. The summed E-state index contributed by atoms with van der Waals surface area (Å²) in [5, 5.41) is 0. The van der Waals surface area contributed by atoms with Crippen LogP contribution < -0.4 is 0 Å². The molecule has 0 radical (unpaired) electrons. The van der Waals surface area contributed by atoms with Gasteiger partial charge in [0.15, 0.2) is 0 Å². The van der Waals surface area contributed by atoms with E-state index < -0.39 is 10.1 Å². The molecule has 0 amide bonds. The van der Waals surface area contributed by atoms with Gasteiger partial charge in [-0.3, -0.25) is 4.18 Å². The summed E-state index contributed by atoms with van der Waals surface area (Å²) in [5.74, 6) is -0.124. The van der Waals surface area contributed by atoms with Gasteiger partial charge in [-0.2, -0.15) is 8.42 Å². The van der Waals surface area contributed by atoms with E-state index in [1.54, 1.807) is 6.92 Å². The first-order valence-corrected chi connectivity index (χ1v) is 4.68. The third kappa shape index (κ3) is 5.82. The summed E-state index contributed by atoms with van der Waals surface area (Å²) in [4.78, 5) is 0. The van der Waals surface area contributed by atoms with E-state index in [4.69, 9.17) is 0 Å². The summed E-state index contributed by atoms with van der Waals surface area (Å²) in [6, 6.07) is 0. The third-order valence-corrected chi connectivity index (χ3v) is 2.13. The first-order chi connectivity index (χ1) is 4.98. The lowest BCUT2D eigenvalue weighted by molar-refractivity contribution is 0.359. The molecule has 0 rings (SSSR count). The van der Waals surface area contributed by atoms with Crippen LogP contribution in [0.15, 0.2) is 24.8 Å². The van der Waals surface area contributed by atoms with Gasteiger partial charge < -0.3 is 0 Å². The zero-order valence-electron chi connectivity index (χ0n) is 6.54. The van der Waals surface area contributed by atoms with Gasteiger partial charge in [0.25, 0.3) is 10.1 Å². The fourth-order valence-electron chi connectivity index (χ4n) is 0.495. The molecule has 0 aliphatic carbocycles. The van der Waals surface area contributed by atoms with Crippen molar-refractivity contribution in [1.82, 2.24) is 0 Å². The molecule has 0 fully saturated rings. The van der Waals surface area contributed by atoms with E-state index in [1.165, 1.54) is 6.08 Å². The molecule has 0 aliphatic heterocycles. The van der Waals surface area contributed by atoms with Crippen LogP contribution in [0.5, 0.6) is 0 Å². The van der Waals surface area contributed by atoms with Crippen molar-refractivity contribution < 1.29 is 12.6 Å². The van der Waals surface area contributed by atoms with Gasteiger partial charge in [-0.05, 0) is 6.92 Å². The molecule has 4 heteroatoms. The smallest absolute Gasteiger partial charge is 0.266 e. The Morgan fingerprint density at radius 1 is 1.64 bits per heavy atom. The van der Waals surface area contributed by atoms with E-state index >= 15 is 0 Å². The number of hydrogen-bond acceptors (Lipinski definition) is 3. The Kier molecular flexibility index (Phi) is 4.07. The standard InChI is InChI=1S/C7H12O3S/c1-4-5-10-11(8,9)6-7(2)3/h4H,1-2,5-6H2,3H3. The maximum Gasteiger partial charge on any atom is 0.271 e. The molecule has 0 heterocycles. The van der Waals surface area contributed by atoms with Crippen molar-refractivity contribution in [1.29, 1.82) is 0 Å². The van der Waals surface area contributed by atoms with Crippen molar-refractivity contribution in [3.63, 3.8) is 0 Å². The zero-order valence-corrected chi connectivity index (χ0v) is 7.36. The molecule has 11 heavy (non-hydrogen) atoms. The van der Waals surface area contributed by atoms with Gasteiger partial charge in [-0.1, -0.05) is 18.2 Å². The van der Waals surface area contributed by atoms with Gasteiger partial charge >= 0.3 is 0 Å². The van der Waals surface area contributed by atoms with Crippen LogP contribution in [0.1, 0.15) is 6.92 Å². The van der Waals surface area contributed by atoms with Crippen LogP contribution in [-0.2, 0) is 14.3 Å². The monoisotopic (exact) mass is 176 g/mol. The molecule has 0 aromatic rings. The van der Waals surface area contributed by atoms with E-state index in [2.05, 4.69) is 17.3 Å². The maximum atomic E-state index is 10.9. The van der Waals surface area contributed by atoms with Crippen molar-refractivity contribution >= 4 is 10.1 Å². The Morgan fingerprint density at radius 2 is 2.18 bits per heavy atom. The molecular formula is C7H12O3S. The minimum atomic E-state index is -3.41. The highest BCUT2D eigenvalue weighted by atomic mass is 32.2. The highest BCUT2D eigenvalue weighted by molar-refractivity contribution is 7.86. The summed E-state index contributed by atoms with van der Waals surface area (Å²) < 4.78 is 26.2. The minimum absolute atomic E-state index is 0.0234. The second kappa shape index (κ2) is 4.31. The van der Waals surface area contributed by atoms with Crippen molar-refractivity contribution in [2.45, 2.75) is 6.92 Å². The third-order valence-electron chi connectivity index (χ3n) is 0.789. The molecule has 0 spiro atoms. The van der Waals surface area contributed by atoms with E-state index in [1.807, 2.05) is 0 Å². The molecular weight excluding hydrogens is 164 g/mol. The average molecular weight is 176 g/mol. The highest BCUT2D eigenvalue weighted by Gasteiger charge is 2.09. The molecule has 3 nitrogen and oxygen atoms in total. The Balaban J connectivity index is 4.02. The molecule has 0 aliphatic rings. The molecule has 0 aromatic carbocycles. The van der Waals surface area contributed by atoms with Crippen LogP contribution in [0.3, 0.4) is 0 Å². The fourth-order valence-corrected chi connectivity index (χ4v) is 1.49. The van der Waals surface area contributed by atoms with E-state index in [0.29, 0.717) is 5.57 Å². The largest absolute Gasteiger partial charge is 0.271 e. The van der Waals surface area contributed by atoms with Crippen LogP contribution >= 0.6 is 0 Å². The lowest BCUT2D eigenvalue weighted by atomic mass is 10.4. The SMILES string of the molecule is C=CCOS(=O)(=O)CC(=C)C. The van der Waals surface area contributed by atoms with Crippen molar-refractivity contribution in [3.8, 4) is 0 Å². The van der Waals surface area contributed by atoms with E-state index in [-0.39, 0.29) is 12.4 Å². The second-order valence-corrected chi connectivity index (χ2v) is 3.87. The summed E-state index contributed by atoms with van der Waals surface area (Å²) >= 11 is 0. The van der Waals surface area contributed by atoms with E-state index in [0.717, 1.165) is 0 Å². The normalized spacial score (nSPS) is 11.0. The Labute approximate surface area is 67.5 Å². The lowest BCUT2D eigenvalue weighted by Crippen LogP contribution is -2.10. The predicted molar refractivity (Wildman–Crippen MR) is 44.7 cm³/mol. The predicted octanol–water partition coefficient (Wildman–Crippen LogP) is 1.09. The Bertz CT molecular complexity index is 238. The molecule has 0 N–H and O–H groups in total. The quantitative estimate of drug-likeness (QED) is 0.465. The van der Waals surface area contributed by atoms with Gasteiger partial charge in [-0.15, -0.1) is 6.58 Å². The first-order valence-electron chi connectivity index (χ1n) is 3.10. The number of rotatable bonds is 5. The van der Waals surface area contributed by atoms with Gasteiger partial charge in [-0.25, -0.2) is 0 Å². The van der Waals surface area contributed by atoms with Crippen LogP contribution in [0.25, 0.3) is 0 Å². The molecule has 64 valence electrons. The second-order valence-electron chi connectivity index (χ2n) is 2.23. The van der Waals surface area contributed by atoms with Gasteiger partial charge in [0.05, 0.1) is 12.4 Å². The average Bonchev–Trinajstić information content (AvgIpc) is 1.81. The summed E-state index contributed by atoms with van der Waals surface area (Å²) in [6.07, 6.45) is 1.38. The van der Waals surface area contributed by atoms with Gasteiger partial charge in [0.2, 0.25) is 0 Å². The summed E-state index contributed by atoms with van der Waals surface area (Å²) in [5.41, 5.74) is 0.564. The van der Waals surface area contributed by atoms with Crippen molar-refractivity contribution in [2.24, 2.45) is 0 Å². The van der Waals surface area contributed by atoms with Gasteiger partial charge in [0.1, 0.15) is 0 Å². The van der Waals surface area contributed by atoms with Crippen molar-refractivity contribution in [3.05, 3.63) is 24.8 Å². The molecule has 0 unspecified atom stereocenters. The van der Waals surface area contributed by atoms with Crippen LogP contribution in [0.2, 0.25) is 0 Å². The van der Waals surface area contributed by atoms with Gasteiger partial charge in [0, 0.05) is 0 Å². The topological polar surface area (TPSA) is 43.4 Å². The maximum absolute atomic E-state index is 10.9. The Morgan fingerprint density at radius 3 is 2.55 bits per heavy atom. The van der Waals surface area contributed by atoms with E-state index in [9.17, 15) is 8.42 Å².